The molecule has 1 aromatic rings. The Morgan fingerprint density at radius 2 is 1.81 bits per heavy atom. The van der Waals surface area contributed by atoms with Crippen molar-refractivity contribution in [2.24, 2.45) is 0 Å². The summed E-state index contributed by atoms with van der Waals surface area (Å²) in [5, 5.41) is 0. The summed E-state index contributed by atoms with van der Waals surface area (Å²) in [6.07, 6.45) is -0.546. The molecule has 0 aliphatic carbocycles. The molecule has 142 valence electrons. The lowest BCUT2D eigenvalue weighted by molar-refractivity contribution is -0.153. The smallest absolute Gasteiger partial charge is 0.411 e. The van der Waals surface area contributed by atoms with E-state index in [2.05, 4.69) is 0 Å². The molecule has 1 unspecified atom stereocenters. The number of nitrogens with zero attached hydrogens (tertiary/aromatic N) is 2. The second-order valence-electron chi connectivity index (χ2n) is 7.05. The van der Waals surface area contributed by atoms with Crippen LogP contribution < -0.4 is 0 Å². The highest BCUT2D eigenvalue weighted by Gasteiger charge is 2.40. The Balaban J connectivity index is 2.26. The van der Waals surface area contributed by atoms with Crippen LogP contribution in [0.3, 0.4) is 0 Å². The number of ether oxygens (including phenoxy) is 2. The Morgan fingerprint density at radius 1 is 1.15 bits per heavy atom. The van der Waals surface area contributed by atoms with Gasteiger partial charge in [-0.2, -0.15) is 0 Å². The minimum atomic E-state index is -0.825. The third kappa shape index (κ3) is 4.97. The summed E-state index contributed by atoms with van der Waals surface area (Å²) in [6, 6.07) is 8.20. The van der Waals surface area contributed by atoms with E-state index >= 15 is 0 Å². The lowest BCUT2D eigenvalue weighted by Gasteiger charge is -2.40. The van der Waals surface area contributed by atoms with Crippen LogP contribution in [0, 0.1) is 0 Å². The zero-order chi connectivity index (χ0) is 19.3. The first-order valence-electron chi connectivity index (χ1n) is 8.72. The van der Waals surface area contributed by atoms with Crippen molar-refractivity contribution in [1.82, 2.24) is 9.80 Å². The SMILES string of the molecule is CCOC(=O)CN1CCN(C(=O)OC(C)(C)C)C(c2ccccc2)C1=O. The quantitative estimate of drug-likeness (QED) is 0.769. The molecule has 1 fully saturated rings. The van der Waals surface area contributed by atoms with E-state index in [-0.39, 0.29) is 32.1 Å². The highest BCUT2D eigenvalue weighted by molar-refractivity contribution is 5.90. The van der Waals surface area contributed by atoms with Gasteiger partial charge in [-0.05, 0) is 33.3 Å². The van der Waals surface area contributed by atoms with E-state index in [1.165, 1.54) is 9.80 Å². The summed E-state index contributed by atoms with van der Waals surface area (Å²) in [6.45, 7) is 7.71. The third-order valence-corrected chi connectivity index (χ3v) is 3.84. The Morgan fingerprint density at radius 3 is 2.38 bits per heavy atom. The maximum Gasteiger partial charge on any atom is 0.411 e. The first-order chi connectivity index (χ1) is 12.2. The van der Waals surface area contributed by atoms with Crippen molar-refractivity contribution in [1.29, 1.82) is 0 Å². The Kier molecular flexibility index (Phi) is 6.23. The second-order valence-corrected chi connectivity index (χ2v) is 7.05. The van der Waals surface area contributed by atoms with Crippen molar-refractivity contribution in [3.8, 4) is 0 Å². The molecule has 1 heterocycles. The fourth-order valence-corrected chi connectivity index (χ4v) is 2.77. The van der Waals surface area contributed by atoms with E-state index in [9.17, 15) is 14.4 Å². The first kappa shape index (κ1) is 19.8. The third-order valence-electron chi connectivity index (χ3n) is 3.84. The fraction of sp³-hybridized carbons (Fsp3) is 0.526. The topological polar surface area (TPSA) is 76.2 Å². The molecule has 0 aromatic heterocycles. The zero-order valence-corrected chi connectivity index (χ0v) is 15.7. The van der Waals surface area contributed by atoms with Gasteiger partial charge in [0.1, 0.15) is 18.2 Å². The maximum atomic E-state index is 13.0. The summed E-state index contributed by atoms with van der Waals surface area (Å²) < 4.78 is 10.4. The molecule has 7 nitrogen and oxygen atoms in total. The average molecular weight is 362 g/mol. The summed E-state index contributed by atoms with van der Waals surface area (Å²) >= 11 is 0. The van der Waals surface area contributed by atoms with Crippen LogP contribution in [-0.2, 0) is 19.1 Å². The number of amides is 2. The van der Waals surface area contributed by atoms with E-state index in [0.717, 1.165) is 0 Å². The molecule has 1 aliphatic rings. The molecule has 2 rings (SSSR count). The van der Waals surface area contributed by atoms with E-state index in [1.54, 1.807) is 52.0 Å². The van der Waals surface area contributed by atoms with E-state index < -0.39 is 23.7 Å². The van der Waals surface area contributed by atoms with Crippen LogP contribution in [0.2, 0.25) is 0 Å². The summed E-state index contributed by atoms with van der Waals surface area (Å²) in [7, 11) is 0. The van der Waals surface area contributed by atoms with Crippen molar-refractivity contribution in [2.75, 3.05) is 26.2 Å². The van der Waals surface area contributed by atoms with Gasteiger partial charge in [0, 0.05) is 13.1 Å². The molecule has 26 heavy (non-hydrogen) atoms. The predicted octanol–water partition coefficient (Wildman–Crippen LogP) is 2.37. The van der Waals surface area contributed by atoms with E-state index in [4.69, 9.17) is 9.47 Å². The Hall–Kier alpha value is -2.57. The molecule has 1 saturated heterocycles. The number of benzene rings is 1. The molecule has 0 saturated carbocycles. The Bertz CT molecular complexity index is 654. The summed E-state index contributed by atoms with van der Waals surface area (Å²) in [5.41, 5.74) is 0.0144. The van der Waals surface area contributed by atoms with Gasteiger partial charge in [0.15, 0.2) is 0 Å². The van der Waals surface area contributed by atoms with Crippen molar-refractivity contribution < 1.29 is 23.9 Å². The van der Waals surface area contributed by atoms with Gasteiger partial charge in [0.2, 0.25) is 0 Å². The largest absolute Gasteiger partial charge is 0.465 e. The number of esters is 1. The summed E-state index contributed by atoms with van der Waals surface area (Å²) in [5.74, 6) is -0.778. The Labute approximate surface area is 153 Å². The minimum Gasteiger partial charge on any atom is -0.465 e. The van der Waals surface area contributed by atoms with Gasteiger partial charge in [-0.3, -0.25) is 14.5 Å². The van der Waals surface area contributed by atoms with E-state index in [1.807, 2.05) is 6.07 Å². The van der Waals surface area contributed by atoms with Crippen LogP contribution in [0.5, 0.6) is 0 Å². The fourth-order valence-electron chi connectivity index (χ4n) is 2.77. The van der Waals surface area contributed by atoms with Gasteiger partial charge in [0.25, 0.3) is 5.91 Å². The van der Waals surface area contributed by atoms with Gasteiger partial charge in [-0.25, -0.2) is 4.79 Å². The number of piperazine rings is 1. The zero-order valence-electron chi connectivity index (χ0n) is 15.7. The van der Waals surface area contributed by atoms with Crippen molar-refractivity contribution in [3.05, 3.63) is 35.9 Å². The van der Waals surface area contributed by atoms with Crippen LogP contribution >= 0.6 is 0 Å². The van der Waals surface area contributed by atoms with Crippen LogP contribution in [0.15, 0.2) is 30.3 Å². The lowest BCUT2D eigenvalue weighted by atomic mass is 10.0. The van der Waals surface area contributed by atoms with E-state index in [0.29, 0.717) is 5.56 Å². The molecular weight excluding hydrogens is 336 g/mol. The number of carbonyl (C=O) groups excluding carboxylic acids is 3. The monoisotopic (exact) mass is 362 g/mol. The molecule has 0 N–H and O–H groups in total. The number of rotatable bonds is 4. The number of hydrogen-bond donors (Lipinski definition) is 0. The van der Waals surface area contributed by atoms with Gasteiger partial charge >= 0.3 is 12.1 Å². The molecule has 2 amide bonds. The van der Waals surface area contributed by atoms with Crippen LogP contribution in [0.1, 0.15) is 39.3 Å². The number of hydrogen-bond acceptors (Lipinski definition) is 5. The molecule has 0 bridgehead atoms. The molecular formula is C19H26N2O5. The molecule has 0 spiro atoms. The van der Waals surface area contributed by atoms with Gasteiger partial charge in [-0.15, -0.1) is 0 Å². The molecule has 7 heteroatoms. The predicted molar refractivity (Wildman–Crippen MR) is 95.3 cm³/mol. The molecule has 0 radical (unpaired) electrons. The van der Waals surface area contributed by atoms with Crippen LogP contribution in [0.4, 0.5) is 4.79 Å². The minimum absolute atomic E-state index is 0.127. The van der Waals surface area contributed by atoms with Gasteiger partial charge in [-0.1, -0.05) is 30.3 Å². The number of carbonyl (C=O) groups is 3. The molecule has 1 aromatic carbocycles. The highest BCUT2D eigenvalue weighted by Crippen LogP contribution is 2.28. The van der Waals surface area contributed by atoms with Gasteiger partial charge < -0.3 is 14.4 Å². The standard InChI is InChI=1S/C19H26N2O5/c1-5-25-15(22)13-20-11-12-21(18(24)26-19(2,3)4)16(17(20)23)14-9-7-6-8-10-14/h6-10,16H,5,11-13H2,1-4H3. The van der Waals surface area contributed by atoms with Crippen molar-refractivity contribution in [2.45, 2.75) is 39.3 Å². The maximum absolute atomic E-state index is 13.0. The average Bonchev–Trinajstić information content (AvgIpc) is 2.56. The first-order valence-corrected chi connectivity index (χ1v) is 8.72. The van der Waals surface area contributed by atoms with Crippen LogP contribution in [0.25, 0.3) is 0 Å². The second kappa shape index (κ2) is 8.21. The lowest BCUT2D eigenvalue weighted by Crippen LogP contribution is -2.56. The van der Waals surface area contributed by atoms with Crippen molar-refractivity contribution >= 4 is 18.0 Å². The summed E-state index contributed by atoms with van der Waals surface area (Å²) in [4.78, 5) is 40.3. The molecule has 1 atom stereocenters. The van der Waals surface area contributed by atoms with Gasteiger partial charge in [0.05, 0.1) is 6.61 Å². The van der Waals surface area contributed by atoms with Crippen LogP contribution in [-0.4, -0.2) is 59.6 Å². The molecule has 1 aliphatic heterocycles. The van der Waals surface area contributed by atoms with Crippen molar-refractivity contribution in [3.63, 3.8) is 0 Å². The normalized spacial score (nSPS) is 17.8. The highest BCUT2D eigenvalue weighted by atomic mass is 16.6.